The minimum atomic E-state index is -0.0136. The Hall–Kier alpha value is -2.37. The molecule has 1 aliphatic rings. The fourth-order valence-electron chi connectivity index (χ4n) is 3.42. The fraction of sp³-hybridized carbons (Fsp3) is 0.286. The van der Waals surface area contributed by atoms with Gasteiger partial charge < -0.3 is 9.32 Å². The predicted molar refractivity (Wildman–Crippen MR) is 110 cm³/mol. The summed E-state index contributed by atoms with van der Waals surface area (Å²) < 4.78 is 5.72. The second kappa shape index (κ2) is 7.94. The molecule has 3 aromatic rings. The number of carbonyl (C=O) groups excluding carboxylic acids is 1. The van der Waals surface area contributed by atoms with E-state index in [4.69, 9.17) is 27.6 Å². The molecule has 0 saturated heterocycles. The van der Waals surface area contributed by atoms with Gasteiger partial charge in [-0.15, -0.1) is 10.2 Å². The van der Waals surface area contributed by atoms with Gasteiger partial charge in [-0.25, -0.2) is 0 Å². The van der Waals surface area contributed by atoms with E-state index in [9.17, 15) is 4.79 Å². The average molecular weight is 416 g/mol. The maximum absolute atomic E-state index is 12.8. The van der Waals surface area contributed by atoms with Crippen LogP contribution < -0.4 is 4.90 Å². The molecule has 7 heteroatoms. The number of aromatic nitrogens is 2. The molecule has 1 amide bonds. The largest absolute Gasteiger partial charge is 0.421 e. The van der Waals surface area contributed by atoms with E-state index < -0.39 is 0 Å². The second-order valence-corrected chi connectivity index (χ2v) is 7.75. The molecule has 28 heavy (non-hydrogen) atoms. The van der Waals surface area contributed by atoms with Crippen molar-refractivity contribution in [2.45, 2.75) is 32.6 Å². The molecule has 0 saturated carbocycles. The molecule has 0 spiro atoms. The number of hydrogen-bond acceptors (Lipinski definition) is 4. The van der Waals surface area contributed by atoms with Gasteiger partial charge in [0.1, 0.15) is 0 Å². The molecule has 0 bridgehead atoms. The zero-order chi connectivity index (χ0) is 19.7. The number of carbonyl (C=O) groups is 1. The summed E-state index contributed by atoms with van der Waals surface area (Å²) in [6.07, 6.45) is 2.40. The standard InChI is InChI=1S/C21H19Cl2N3O2/c1-13-4-6-14(7-5-13)21-25-24-18(28-21)8-9-19(27)26-10-2-3-15-11-16(22)12-17(23)20(15)26/h4-7,11-12H,2-3,8-10H2,1H3. The third-order valence-corrected chi connectivity index (χ3v) is 5.33. The summed E-state index contributed by atoms with van der Waals surface area (Å²) >= 11 is 12.5. The SMILES string of the molecule is Cc1ccc(-c2nnc(CCC(=O)N3CCCc4cc(Cl)cc(Cl)c43)o2)cc1. The van der Waals surface area contributed by atoms with Crippen LogP contribution in [0.2, 0.25) is 10.0 Å². The van der Waals surface area contributed by atoms with Gasteiger partial charge in [-0.2, -0.15) is 0 Å². The van der Waals surface area contributed by atoms with Crippen LogP contribution >= 0.6 is 23.2 Å². The molecule has 5 nitrogen and oxygen atoms in total. The molecule has 0 fully saturated rings. The van der Waals surface area contributed by atoms with E-state index in [1.165, 1.54) is 0 Å². The molecule has 1 aliphatic heterocycles. The van der Waals surface area contributed by atoms with Crippen molar-refractivity contribution >= 4 is 34.8 Å². The van der Waals surface area contributed by atoms with Gasteiger partial charge in [0.2, 0.25) is 17.7 Å². The molecule has 2 heterocycles. The van der Waals surface area contributed by atoms with E-state index in [1.807, 2.05) is 37.3 Å². The van der Waals surface area contributed by atoms with Crippen LogP contribution in [-0.2, 0) is 17.6 Å². The number of rotatable bonds is 4. The van der Waals surface area contributed by atoms with Crippen LogP contribution in [0.4, 0.5) is 5.69 Å². The highest BCUT2D eigenvalue weighted by Crippen LogP contribution is 2.37. The third-order valence-electron chi connectivity index (χ3n) is 4.82. The van der Waals surface area contributed by atoms with Crippen molar-refractivity contribution in [2.75, 3.05) is 11.4 Å². The van der Waals surface area contributed by atoms with Gasteiger partial charge in [0.15, 0.2) is 0 Å². The Morgan fingerprint density at radius 3 is 2.75 bits per heavy atom. The first-order chi connectivity index (χ1) is 13.5. The summed E-state index contributed by atoms with van der Waals surface area (Å²) in [6, 6.07) is 11.4. The quantitative estimate of drug-likeness (QED) is 0.582. The summed E-state index contributed by atoms with van der Waals surface area (Å²) in [5.74, 6) is 0.895. The Morgan fingerprint density at radius 1 is 1.18 bits per heavy atom. The molecule has 4 rings (SSSR count). The highest BCUT2D eigenvalue weighted by Gasteiger charge is 2.25. The third kappa shape index (κ3) is 3.91. The van der Waals surface area contributed by atoms with Crippen LogP contribution in [0.25, 0.3) is 11.5 Å². The highest BCUT2D eigenvalue weighted by molar-refractivity contribution is 6.37. The van der Waals surface area contributed by atoms with Crippen LogP contribution in [0.15, 0.2) is 40.8 Å². The lowest BCUT2D eigenvalue weighted by Crippen LogP contribution is -2.35. The van der Waals surface area contributed by atoms with E-state index in [-0.39, 0.29) is 12.3 Å². The van der Waals surface area contributed by atoms with Crippen LogP contribution in [0, 0.1) is 6.92 Å². The average Bonchev–Trinajstić information content (AvgIpc) is 3.15. The van der Waals surface area contributed by atoms with Crippen molar-refractivity contribution in [1.82, 2.24) is 10.2 Å². The molecule has 144 valence electrons. The normalized spacial score (nSPS) is 13.5. The first-order valence-electron chi connectivity index (χ1n) is 9.19. The number of hydrogen-bond donors (Lipinski definition) is 0. The second-order valence-electron chi connectivity index (χ2n) is 6.91. The van der Waals surface area contributed by atoms with Crippen molar-refractivity contribution < 1.29 is 9.21 Å². The molecule has 0 unspecified atom stereocenters. The van der Waals surface area contributed by atoms with Crippen LogP contribution in [0.5, 0.6) is 0 Å². The van der Waals surface area contributed by atoms with Gasteiger partial charge in [-0.05, 0) is 49.6 Å². The zero-order valence-electron chi connectivity index (χ0n) is 15.4. The lowest BCUT2D eigenvalue weighted by molar-refractivity contribution is -0.118. The van der Waals surface area contributed by atoms with Gasteiger partial charge in [0, 0.05) is 30.0 Å². The molecular formula is C21H19Cl2N3O2. The van der Waals surface area contributed by atoms with E-state index in [1.54, 1.807) is 11.0 Å². The Bertz CT molecular complexity index is 1010. The van der Waals surface area contributed by atoms with Crippen molar-refractivity contribution in [1.29, 1.82) is 0 Å². The van der Waals surface area contributed by atoms with Gasteiger partial charge in [-0.3, -0.25) is 4.79 Å². The minimum Gasteiger partial charge on any atom is -0.421 e. The summed E-state index contributed by atoms with van der Waals surface area (Å²) in [7, 11) is 0. The minimum absolute atomic E-state index is 0.0136. The maximum Gasteiger partial charge on any atom is 0.247 e. The van der Waals surface area contributed by atoms with E-state index >= 15 is 0 Å². The van der Waals surface area contributed by atoms with Crippen LogP contribution in [0.1, 0.15) is 29.9 Å². The lowest BCUT2D eigenvalue weighted by atomic mass is 10.0. The topological polar surface area (TPSA) is 59.2 Å². The zero-order valence-corrected chi connectivity index (χ0v) is 16.9. The Balaban J connectivity index is 1.45. The van der Waals surface area contributed by atoms with Gasteiger partial charge >= 0.3 is 0 Å². The molecule has 0 atom stereocenters. The lowest BCUT2D eigenvalue weighted by Gasteiger charge is -2.30. The molecular weight excluding hydrogens is 397 g/mol. The number of amides is 1. The number of fused-ring (bicyclic) bond motifs is 1. The molecule has 2 aromatic carbocycles. The maximum atomic E-state index is 12.8. The Labute approximate surface area is 173 Å². The predicted octanol–water partition coefficient (Wildman–Crippen LogP) is 5.26. The van der Waals surface area contributed by atoms with Crippen LogP contribution in [-0.4, -0.2) is 22.6 Å². The number of aryl methyl sites for hydroxylation is 3. The molecule has 0 radical (unpaired) electrons. The summed E-state index contributed by atoms with van der Waals surface area (Å²) in [5, 5.41) is 9.26. The van der Waals surface area contributed by atoms with Gasteiger partial charge in [0.25, 0.3) is 0 Å². The van der Waals surface area contributed by atoms with Gasteiger partial charge in [-0.1, -0.05) is 40.9 Å². The molecule has 0 aliphatic carbocycles. The first kappa shape index (κ1) is 19.0. The van der Waals surface area contributed by atoms with Crippen molar-refractivity contribution in [3.8, 4) is 11.5 Å². The first-order valence-corrected chi connectivity index (χ1v) is 9.94. The summed E-state index contributed by atoms with van der Waals surface area (Å²) in [5.41, 5.74) is 3.81. The van der Waals surface area contributed by atoms with Crippen molar-refractivity contribution in [3.63, 3.8) is 0 Å². The van der Waals surface area contributed by atoms with Gasteiger partial charge in [0.05, 0.1) is 10.7 Å². The van der Waals surface area contributed by atoms with Crippen molar-refractivity contribution in [3.05, 3.63) is 63.5 Å². The Morgan fingerprint density at radius 2 is 1.96 bits per heavy atom. The number of anilines is 1. The highest BCUT2D eigenvalue weighted by atomic mass is 35.5. The number of nitrogens with zero attached hydrogens (tertiary/aromatic N) is 3. The molecule has 0 N–H and O–H groups in total. The monoisotopic (exact) mass is 415 g/mol. The number of benzene rings is 2. The fourth-order valence-corrected chi connectivity index (χ4v) is 4.05. The summed E-state index contributed by atoms with van der Waals surface area (Å²) in [6.45, 7) is 2.67. The number of halogens is 2. The van der Waals surface area contributed by atoms with Crippen LogP contribution in [0.3, 0.4) is 0 Å². The van der Waals surface area contributed by atoms with Crippen molar-refractivity contribution in [2.24, 2.45) is 0 Å². The van der Waals surface area contributed by atoms with E-state index in [2.05, 4.69) is 10.2 Å². The summed E-state index contributed by atoms with van der Waals surface area (Å²) in [4.78, 5) is 14.6. The van der Waals surface area contributed by atoms with E-state index in [0.717, 1.165) is 35.2 Å². The Kier molecular flexibility index (Phi) is 5.38. The van der Waals surface area contributed by atoms with E-state index in [0.29, 0.717) is 34.8 Å². The smallest absolute Gasteiger partial charge is 0.247 e. The molecule has 1 aromatic heterocycles.